The first kappa shape index (κ1) is 26.7. The van der Waals surface area contributed by atoms with Crippen LogP contribution in [0.1, 0.15) is 39.1 Å². The smallest absolute Gasteiger partial charge is 0.256 e. The van der Waals surface area contributed by atoms with Crippen LogP contribution in [0.2, 0.25) is 0 Å². The van der Waals surface area contributed by atoms with Crippen molar-refractivity contribution in [1.29, 1.82) is 0 Å². The second kappa shape index (κ2) is 10.9. The number of carbonyl (C=O) groups is 3. The average Bonchev–Trinajstić information content (AvgIpc) is 3.22. The Morgan fingerprint density at radius 3 is 2.46 bits per heavy atom. The van der Waals surface area contributed by atoms with Crippen LogP contribution in [-0.4, -0.2) is 91.1 Å². The number of ether oxygens (including phenoxy) is 1. The van der Waals surface area contributed by atoms with Crippen molar-refractivity contribution < 1.29 is 27.9 Å². The maximum Gasteiger partial charge on any atom is 0.256 e. The van der Waals surface area contributed by atoms with Crippen molar-refractivity contribution in [2.24, 2.45) is 0 Å². The number of aryl methyl sites for hydroxylation is 1. The van der Waals surface area contributed by atoms with Crippen molar-refractivity contribution >= 4 is 17.7 Å². The number of halogens is 2. The Balaban J connectivity index is 1.55. The molecule has 0 unspecified atom stereocenters. The van der Waals surface area contributed by atoms with Gasteiger partial charge in [-0.2, -0.15) is 0 Å². The van der Waals surface area contributed by atoms with Crippen LogP contribution in [-0.2, 0) is 9.53 Å². The fraction of sp³-hybridized carbons (Fsp3) is 0.444. The maximum absolute atomic E-state index is 14.2. The topological polar surface area (TPSA) is 82.2 Å². The Bertz CT molecular complexity index is 1180. The van der Waals surface area contributed by atoms with Gasteiger partial charge in [0.2, 0.25) is 5.91 Å². The molecule has 0 bridgehead atoms. The summed E-state index contributed by atoms with van der Waals surface area (Å²) in [6.45, 7) is 3.36. The Kier molecular flexibility index (Phi) is 7.89. The number of hydrogen-bond acceptors (Lipinski definition) is 5. The Labute approximate surface area is 215 Å². The molecule has 0 saturated carbocycles. The number of nitrogens with zero attached hydrogens (tertiary/aromatic N) is 3. The van der Waals surface area contributed by atoms with Crippen molar-refractivity contribution in [3.05, 3.63) is 70.8 Å². The summed E-state index contributed by atoms with van der Waals surface area (Å²) in [6.07, 6.45) is 0.501. The molecule has 2 aromatic carbocycles. The van der Waals surface area contributed by atoms with E-state index in [1.54, 1.807) is 18.2 Å². The number of rotatable bonds is 6. The summed E-state index contributed by atoms with van der Waals surface area (Å²) in [4.78, 5) is 44.8. The summed E-state index contributed by atoms with van der Waals surface area (Å²) in [5, 5.41) is 2.89. The second-order valence-electron chi connectivity index (χ2n) is 9.83. The molecule has 4 rings (SSSR count). The minimum absolute atomic E-state index is 0.0336. The van der Waals surface area contributed by atoms with Gasteiger partial charge >= 0.3 is 0 Å². The van der Waals surface area contributed by atoms with E-state index in [1.165, 1.54) is 9.80 Å². The van der Waals surface area contributed by atoms with E-state index in [1.807, 2.05) is 32.0 Å². The third-order valence-corrected chi connectivity index (χ3v) is 6.90. The quantitative estimate of drug-likeness (QED) is 0.641. The third kappa shape index (κ3) is 5.65. The summed E-state index contributed by atoms with van der Waals surface area (Å²) < 4.78 is 33.7. The van der Waals surface area contributed by atoms with Gasteiger partial charge < -0.3 is 19.9 Å². The first-order chi connectivity index (χ1) is 17.6. The van der Waals surface area contributed by atoms with Gasteiger partial charge in [-0.05, 0) is 45.3 Å². The van der Waals surface area contributed by atoms with E-state index in [-0.39, 0.29) is 49.9 Å². The molecule has 198 valence electrons. The zero-order chi connectivity index (χ0) is 26.7. The summed E-state index contributed by atoms with van der Waals surface area (Å²) in [6, 6.07) is 9.18. The highest BCUT2D eigenvalue weighted by Gasteiger charge is 2.54. The first-order valence-electron chi connectivity index (χ1n) is 12.3. The highest BCUT2D eigenvalue weighted by Crippen LogP contribution is 2.39. The molecule has 1 atom stereocenters. The molecule has 2 heterocycles. The number of carbonyl (C=O) groups excluding carboxylic acids is 3. The third-order valence-electron chi connectivity index (χ3n) is 6.90. The molecule has 2 aliphatic heterocycles. The molecular weight excluding hydrogens is 482 g/mol. The lowest BCUT2D eigenvalue weighted by molar-refractivity contribution is -0.128. The molecule has 1 spiro atoms. The lowest BCUT2D eigenvalue weighted by Crippen LogP contribution is -2.60. The first-order valence-corrected chi connectivity index (χ1v) is 12.3. The van der Waals surface area contributed by atoms with Gasteiger partial charge in [-0.3, -0.25) is 19.3 Å². The molecule has 10 heteroatoms. The van der Waals surface area contributed by atoms with E-state index in [9.17, 15) is 23.2 Å². The standard InChI is InChI=1S/C27H32F2N4O4/c1-18-5-4-6-19(15-18)25(35)33-23(24(34)30-11-14-31(2)3)17-37-27(33)9-12-32(13-10-27)26(36)21-8-7-20(28)16-22(21)29/h4-8,15-16,23H,9-14,17H2,1-3H3,(H,30,34)/t23-/m0/s1. The van der Waals surface area contributed by atoms with Crippen molar-refractivity contribution in [2.75, 3.05) is 46.9 Å². The van der Waals surface area contributed by atoms with Crippen molar-refractivity contribution in [2.45, 2.75) is 31.5 Å². The number of hydrogen-bond donors (Lipinski definition) is 1. The Morgan fingerprint density at radius 1 is 1.08 bits per heavy atom. The van der Waals surface area contributed by atoms with Crippen LogP contribution in [0.4, 0.5) is 8.78 Å². The molecule has 2 fully saturated rings. The predicted molar refractivity (Wildman–Crippen MR) is 133 cm³/mol. The van der Waals surface area contributed by atoms with Gasteiger partial charge in [-0.15, -0.1) is 0 Å². The molecule has 1 N–H and O–H groups in total. The van der Waals surface area contributed by atoms with Crippen LogP contribution in [0.25, 0.3) is 0 Å². The van der Waals surface area contributed by atoms with Gasteiger partial charge in [0.05, 0.1) is 12.2 Å². The minimum Gasteiger partial charge on any atom is -0.353 e. The normalized spacial score (nSPS) is 18.9. The SMILES string of the molecule is Cc1cccc(C(=O)N2[C@H](C(=O)NCCN(C)C)COC23CCN(C(=O)c2ccc(F)cc2F)CC3)c1. The molecule has 0 aliphatic carbocycles. The zero-order valence-corrected chi connectivity index (χ0v) is 21.3. The second-order valence-corrected chi connectivity index (χ2v) is 9.83. The summed E-state index contributed by atoms with van der Waals surface area (Å²) in [5.74, 6) is -2.86. The van der Waals surface area contributed by atoms with Crippen molar-refractivity contribution in [3.63, 3.8) is 0 Å². The zero-order valence-electron chi connectivity index (χ0n) is 21.3. The van der Waals surface area contributed by atoms with Crippen LogP contribution >= 0.6 is 0 Å². The molecule has 8 nitrogen and oxygen atoms in total. The number of likely N-dealkylation sites (N-methyl/N-ethyl adjacent to an activating group) is 1. The van der Waals surface area contributed by atoms with Gasteiger partial charge in [0.25, 0.3) is 11.8 Å². The van der Waals surface area contributed by atoms with Crippen LogP contribution in [0.15, 0.2) is 42.5 Å². The fourth-order valence-electron chi connectivity index (χ4n) is 4.90. The largest absolute Gasteiger partial charge is 0.353 e. The van der Waals surface area contributed by atoms with E-state index in [0.29, 0.717) is 24.7 Å². The Hall–Kier alpha value is -3.37. The molecule has 2 aliphatic rings. The van der Waals surface area contributed by atoms with E-state index >= 15 is 0 Å². The fourth-order valence-corrected chi connectivity index (χ4v) is 4.90. The Morgan fingerprint density at radius 2 is 1.81 bits per heavy atom. The molecule has 0 aromatic heterocycles. The van der Waals surface area contributed by atoms with E-state index in [4.69, 9.17) is 4.74 Å². The molecule has 0 radical (unpaired) electrons. The van der Waals surface area contributed by atoms with Gasteiger partial charge in [-0.25, -0.2) is 8.78 Å². The highest BCUT2D eigenvalue weighted by atomic mass is 19.1. The minimum atomic E-state index is -1.08. The van der Waals surface area contributed by atoms with Gasteiger partial charge in [-0.1, -0.05) is 17.7 Å². The number of likely N-dealkylation sites (tertiary alicyclic amines) is 1. The number of piperidine rings is 1. The molecule has 37 heavy (non-hydrogen) atoms. The van der Waals surface area contributed by atoms with E-state index in [0.717, 1.165) is 17.7 Å². The average molecular weight is 515 g/mol. The van der Waals surface area contributed by atoms with Gasteiger partial charge in [0.15, 0.2) is 0 Å². The monoisotopic (exact) mass is 514 g/mol. The number of nitrogens with one attached hydrogen (secondary N) is 1. The molecule has 2 saturated heterocycles. The highest BCUT2D eigenvalue weighted by molar-refractivity contribution is 5.99. The molecule has 2 aromatic rings. The summed E-state index contributed by atoms with van der Waals surface area (Å²) in [5.41, 5.74) is 0.0646. The van der Waals surface area contributed by atoms with Crippen LogP contribution in [0, 0.1) is 18.6 Å². The molecular formula is C27H32F2N4O4. The van der Waals surface area contributed by atoms with E-state index in [2.05, 4.69) is 5.32 Å². The lowest BCUT2D eigenvalue weighted by atomic mass is 9.95. The van der Waals surface area contributed by atoms with Crippen LogP contribution in [0.5, 0.6) is 0 Å². The lowest BCUT2D eigenvalue weighted by Gasteiger charge is -2.44. The number of amides is 3. The van der Waals surface area contributed by atoms with Crippen LogP contribution < -0.4 is 5.32 Å². The summed E-state index contributed by atoms with van der Waals surface area (Å²) in [7, 11) is 3.81. The molecule has 3 amide bonds. The van der Waals surface area contributed by atoms with E-state index < -0.39 is 29.3 Å². The van der Waals surface area contributed by atoms with Crippen molar-refractivity contribution in [3.8, 4) is 0 Å². The summed E-state index contributed by atoms with van der Waals surface area (Å²) >= 11 is 0. The number of benzene rings is 2. The van der Waals surface area contributed by atoms with Crippen LogP contribution in [0.3, 0.4) is 0 Å². The van der Waals surface area contributed by atoms with Crippen molar-refractivity contribution in [1.82, 2.24) is 20.0 Å². The van der Waals surface area contributed by atoms with Gasteiger partial charge in [0, 0.05) is 50.7 Å². The maximum atomic E-state index is 14.2. The predicted octanol–water partition coefficient (Wildman–Crippen LogP) is 2.42. The van der Waals surface area contributed by atoms with Gasteiger partial charge in [0.1, 0.15) is 23.4 Å².